The smallest absolute Gasteiger partial charge is 0.237 e. The van der Waals surface area contributed by atoms with Crippen LogP contribution in [-0.2, 0) is 4.79 Å². The zero-order chi connectivity index (χ0) is 14.5. The highest BCUT2D eigenvalue weighted by molar-refractivity contribution is 5.81. The molecule has 3 nitrogen and oxygen atoms in total. The van der Waals surface area contributed by atoms with E-state index in [2.05, 4.69) is 48.7 Å². The van der Waals surface area contributed by atoms with E-state index in [1.54, 1.807) is 0 Å². The maximum Gasteiger partial charge on any atom is 0.237 e. The van der Waals surface area contributed by atoms with Crippen molar-refractivity contribution < 1.29 is 4.79 Å². The Morgan fingerprint density at radius 3 is 2.60 bits per heavy atom. The van der Waals surface area contributed by atoms with Crippen LogP contribution in [0, 0.1) is 6.92 Å². The number of carbonyl (C=O) groups excluding carboxylic acids is 1. The molecular formula is C17H26N2O. The number of hydrogen-bond donors (Lipinski definition) is 2. The number of nitrogens with one attached hydrogen (secondary N) is 2. The Labute approximate surface area is 122 Å². The SMILES string of the molecule is Cc1cccc([C@H](C)NC(C)C(=O)NC2CCCC2)c1. The molecule has 1 aliphatic carbocycles. The summed E-state index contributed by atoms with van der Waals surface area (Å²) in [5, 5.41) is 6.53. The summed E-state index contributed by atoms with van der Waals surface area (Å²) in [5.41, 5.74) is 2.48. The van der Waals surface area contributed by atoms with Gasteiger partial charge < -0.3 is 5.32 Å². The molecule has 0 aromatic heterocycles. The lowest BCUT2D eigenvalue weighted by molar-refractivity contribution is -0.123. The molecule has 1 amide bonds. The van der Waals surface area contributed by atoms with Crippen molar-refractivity contribution in [2.75, 3.05) is 0 Å². The van der Waals surface area contributed by atoms with Gasteiger partial charge in [0.1, 0.15) is 0 Å². The minimum atomic E-state index is -0.161. The summed E-state index contributed by atoms with van der Waals surface area (Å²) >= 11 is 0. The fourth-order valence-corrected chi connectivity index (χ4v) is 2.88. The molecule has 2 N–H and O–H groups in total. The zero-order valence-electron chi connectivity index (χ0n) is 12.8. The standard InChI is InChI=1S/C17H26N2O/c1-12-7-6-8-15(11-12)13(2)18-14(3)17(20)19-16-9-4-5-10-16/h6-8,11,13-14,16,18H,4-5,9-10H2,1-3H3,(H,19,20)/t13-,14?/m0/s1. The normalized spacial score (nSPS) is 18.8. The van der Waals surface area contributed by atoms with Crippen molar-refractivity contribution >= 4 is 5.91 Å². The first-order valence-corrected chi connectivity index (χ1v) is 7.69. The van der Waals surface area contributed by atoms with E-state index in [4.69, 9.17) is 0 Å². The molecule has 0 bridgehead atoms. The average Bonchev–Trinajstić information content (AvgIpc) is 2.91. The Kier molecular flexibility index (Phi) is 5.18. The van der Waals surface area contributed by atoms with Gasteiger partial charge in [-0.1, -0.05) is 42.7 Å². The molecule has 1 unspecified atom stereocenters. The first-order valence-electron chi connectivity index (χ1n) is 7.69. The maximum absolute atomic E-state index is 12.2. The van der Waals surface area contributed by atoms with Gasteiger partial charge in [0.2, 0.25) is 5.91 Å². The van der Waals surface area contributed by atoms with E-state index in [1.807, 2.05) is 6.92 Å². The summed E-state index contributed by atoms with van der Waals surface area (Å²) in [6.45, 7) is 6.14. The van der Waals surface area contributed by atoms with Crippen molar-refractivity contribution in [2.24, 2.45) is 0 Å². The third-order valence-corrected chi connectivity index (χ3v) is 4.14. The predicted molar refractivity (Wildman–Crippen MR) is 82.6 cm³/mol. The van der Waals surface area contributed by atoms with Crippen molar-refractivity contribution in [3.8, 4) is 0 Å². The molecule has 0 radical (unpaired) electrons. The Balaban J connectivity index is 1.86. The zero-order valence-corrected chi connectivity index (χ0v) is 12.8. The lowest BCUT2D eigenvalue weighted by Crippen LogP contribution is -2.46. The third-order valence-electron chi connectivity index (χ3n) is 4.14. The highest BCUT2D eigenvalue weighted by atomic mass is 16.2. The minimum absolute atomic E-state index is 0.122. The van der Waals surface area contributed by atoms with Crippen molar-refractivity contribution in [2.45, 2.75) is 64.6 Å². The van der Waals surface area contributed by atoms with E-state index in [0.29, 0.717) is 6.04 Å². The van der Waals surface area contributed by atoms with Gasteiger partial charge in [-0.25, -0.2) is 0 Å². The number of benzene rings is 1. The predicted octanol–water partition coefficient (Wildman–Crippen LogP) is 3.09. The van der Waals surface area contributed by atoms with Gasteiger partial charge in [0.05, 0.1) is 6.04 Å². The molecular weight excluding hydrogens is 248 g/mol. The van der Waals surface area contributed by atoms with Crippen molar-refractivity contribution in [3.05, 3.63) is 35.4 Å². The summed E-state index contributed by atoms with van der Waals surface area (Å²) in [6.07, 6.45) is 4.75. The molecule has 1 aromatic carbocycles. The molecule has 2 atom stereocenters. The third kappa shape index (κ3) is 4.07. The molecule has 0 saturated heterocycles. The van der Waals surface area contributed by atoms with Crippen LogP contribution in [0.2, 0.25) is 0 Å². The molecule has 0 heterocycles. The van der Waals surface area contributed by atoms with E-state index >= 15 is 0 Å². The lowest BCUT2D eigenvalue weighted by atomic mass is 10.0. The van der Waals surface area contributed by atoms with Gasteiger partial charge in [0.25, 0.3) is 0 Å². The average molecular weight is 274 g/mol. The molecule has 1 saturated carbocycles. The topological polar surface area (TPSA) is 41.1 Å². The van der Waals surface area contributed by atoms with Gasteiger partial charge in [-0.2, -0.15) is 0 Å². The fraction of sp³-hybridized carbons (Fsp3) is 0.588. The summed E-state index contributed by atoms with van der Waals surface area (Å²) in [5.74, 6) is 0.122. The summed E-state index contributed by atoms with van der Waals surface area (Å²) in [4.78, 5) is 12.2. The van der Waals surface area contributed by atoms with Crippen LogP contribution in [-0.4, -0.2) is 18.0 Å². The Morgan fingerprint density at radius 1 is 1.25 bits per heavy atom. The Hall–Kier alpha value is -1.35. The van der Waals surface area contributed by atoms with Crippen LogP contribution < -0.4 is 10.6 Å². The lowest BCUT2D eigenvalue weighted by Gasteiger charge is -2.22. The van der Waals surface area contributed by atoms with Crippen LogP contribution in [0.5, 0.6) is 0 Å². The maximum atomic E-state index is 12.2. The Bertz CT molecular complexity index is 452. The first kappa shape index (κ1) is 15.0. The highest BCUT2D eigenvalue weighted by Gasteiger charge is 2.21. The van der Waals surface area contributed by atoms with Gasteiger partial charge >= 0.3 is 0 Å². The molecule has 0 spiro atoms. The number of hydrogen-bond acceptors (Lipinski definition) is 2. The Morgan fingerprint density at radius 2 is 1.95 bits per heavy atom. The van der Waals surface area contributed by atoms with E-state index in [1.165, 1.54) is 24.0 Å². The largest absolute Gasteiger partial charge is 0.352 e. The van der Waals surface area contributed by atoms with Crippen molar-refractivity contribution in [1.29, 1.82) is 0 Å². The van der Waals surface area contributed by atoms with Crippen LogP contribution in [0.4, 0.5) is 0 Å². The molecule has 2 rings (SSSR count). The van der Waals surface area contributed by atoms with Crippen LogP contribution in [0.25, 0.3) is 0 Å². The monoisotopic (exact) mass is 274 g/mol. The fourth-order valence-electron chi connectivity index (χ4n) is 2.88. The van der Waals surface area contributed by atoms with Crippen LogP contribution in [0.3, 0.4) is 0 Å². The van der Waals surface area contributed by atoms with E-state index in [9.17, 15) is 4.79 Å². The molecule has 1 fully saturated rings. The number of amides is 1. The molecule has 110 valence electrons. The van der Waals surface area contributed by atoms with Gasteiger partial charge in [-0.3, -0.25) is 10.1 Å². The summed E-state index contributed by atoms with van der Waals surface area (Å²) in [7, 11) is 0. The summed E-state index contributed by atoms with van der Waals surface area (Å²) in [6, 6.07) is 8.83. The van der Waals surface area contributed by atoms with Crippen molar-refractivity contribution in [1.82, 2.24) is 10.6 Å². The van der Waals surface area contributed by atoms with Gasteiger partial charge in [-0.15, -0.1) is 0 Å². The van der Waals surface area contributed by atoms with Crippen LogP contribution >= 0.6 is 0 Å². The number of aryl methyl sites for hydroxylation is 1. The first-order chi connectivity index (χ1) is 9.56. The van der Waals surface area contributed by atoms with Gasteiger partial charge in [0, 0.05) is 12.1 Å². The molecule has 20 heavy (non-hydrogen) atoms. The molecule has 0 aliphatic heterocycles. The number of carbonyl (C=O) groups is 1. The van der Waals surface area contributed by atoms with Crippen molar-refractivity contribution in [3.63, 3.8) is 0 Å². The quantitative estimate of drug-likeness (QED) is 0.866. The second kappa shape index (κ2) is 6.89. The molecule has 1 aromatic rings. The van der Waals surface area contributed by atoms with Gasteiger partial charge in [0.15, 0.2) is 0 Å². The van der Waals surface area contributed by atoms with E-state index < -0.39 is 0 Å². The minimum Gasteiger partial charge on any atom is -0.352 e. The molecule has 3 heteroatoms. The number of rotatable bonds is 5. The van der Waals surface area contributed by atoms with E-state index in [0.717, 1.165) is 12.8 Å². The summed E-state index contributed by atoms with van der Waals surface area (Å²) < 4.78 is 0. The van der Waals surface area contributed by atoms with Gasteiger partial charge in [-0.05, 0) is 39.2 Å². The molecule has 1 aliphatic rings. The second-order valence-corrected chi connectivity index (χ2v) is 6.01. The second-order valence-electron chi connectivity index (χ2n) is 6.01. The van der Waals surface area contributed by atoms with Crippen LogP contribution in [0.15, 0.2) is 24.3 Å². The van der Waals surface area contributed by atoms with E-state index in [-0.39, 0.29) is 18.0 Å². The van der Waals surface area contributed by atoms with Crippen LogP contribution in [0.1, 0.15) is 56.7 Å². The highest BCUT2D eigenvalue weighted by Crippen LogP contribution is 2.18.